The standard InChI is InChI=1S/C53H37NS/c1-53(2)49-19-7-5-15-44(49)48-33-41(27-30-50(48)53)54(40-14-9-13-37(32-40)38-22-21-34-11-3-4-12-36(34)31-38)39-25-23-35(24-26-39)42-17-10-18-46-43(42)28-29-47-45-16-6-8-20-51(45)55-52(46)47/h3-33H,1-2H3. The molecule has 10 aromatic rings. The van der Waals surface area contributed by atoms with Gasteiger partial charge in [0.2, 0.25) is 0 Å². The molecule has 0 bridgehead atoms. The summed E-state index contributed by atoms with van der Waals surface area (Å²) in [5.74, 6) is 0. The molecule has 1 aliphatic carbocycles. The average molecular weight is 720 g/mol. The molecule has 9 aromatic carbocycles. The Balaban J connectivity index is 1.05. The van der Waals surface area contributed by atoms with Crippen molar-refractivity contribution in [3.05, 3.63) is 199 Å². The number of fused-ring (bicyclic) bond motifs is 9. The molecule has 0 saturated heterocycles. The maximum absolute atomic E-state index is 2.42. The third-order valence-electron chi connectivity index (χ3n) is 11.9. The van der Waals surface area contributed by atoms with E-state index >= 15 is 0 Å². The van der Waals surface area contributed by atoms with E-state index in [9.17, 15) is 0 Å². The van der Waals surface area contributed by atoms with Gasteiger partial charge in [0.1, 0.15) is 0 Å². The molecule has 1 heterocycles. The van der Waals surface area contributed by atoms with Gasteiger partial charge in [0.25, 0.3) is 0 Å². The highest BCUT2D eigenvalue weighted by Gasteiger charge is 2.35. The van der Waals surface area contributed by atoms with Crippen LogP contribution in [0.4, 0.5) is 17.1 Å². The summed E-state index contributed by atoms with van der Waals surface area (Å²) in [5.41, 5.74) is 13.6. The maximum atomic E-state index is 2.42. The second kappa shape index (κ2) is 12.3. The molecule has 0 atom stereocenters. The largest absolute Gasteiger partial charge is 0.310 e. The van der Waals surface area contributed by atoms with Gasteiger partial charge in [-0.15, -0.1) is 11.3 Å². The van der Waals surface area contributed by atoms with Crippen molar-refractivity contribution >= 4 is 70.1 Å². The lowest BCUT2D eigenvalue weighted by molar-refractivity contribution is 0.660. The van der Waals surface area contributed by atoms with E-state index in [0.717, 1.165) is 17.1 Å². The first-order valence-corrected chi connectivity index (χ1v) is 19.9. The van der Waals surface area contributed by atoms with E-state index < -0.39 is 0 Å². The summed E-state index contributed by atoms with van der Waals surface area (Å²) in [6.45, 7) is 4.69. The molecule has 1 aromatic heterocycles. The SMILES string of the molecule is CC1(C)c2ccccc2-c2cc(N(c3ccc(-c4cccc5c4ccc4c6ccccc6sc54)cc3)c3cccc(-c4ccc5ccccc5c4)c3)ccc21. The van der Waals surface area contributed by atoms with Crippen molar-refractivity contribution < 1.29 is 0 Å². The highest BCUT2D eigenvalue weighted by molar-refractivity contribution is 7.26. The van der Waals surface area contributed by atoms with E-state index in [1.165, 1.54) is 86.2 Å². The molecular formula is C53H37NS. The van der Waals surface area contributed by atoms with Gasteiger partial charge in [0.15, 0.2) is 0 Å². The zero-order valence-corrected chi connectivity index (χ0v) is 31.6. The van der Waals surface area contributed by atoms with Crippen molar-refractivity contribution in [1.29, 1.82) is 0 Å². The first-order valence-electron chi connectivity index (χ1n) is 19.1. The van der Waals surface area contributed by atoms with Crippen molar-refractivity contribution in [2.75, 3.05) is 4.90 Å². The van der Waals surface area contributed by atoms with Crippen molar-refractivity contribution in [2.24, 2.45) is 0 Å². The fourth-order valence-electron chi connectivity index (χ4n) is 9.07. The topological polar surface area (TPSA) is 3.24 Å². The molecule has 1 nitrogen and oxygen atoms in total. The van der Waals surface area contributed by atoms with Crippen molar-refractivity contribution in [1.82, 2.24) is 0 Å². The predicted octanol–water partition coefficient (Wildman–Crippen LogP) is 15.5. The Morgan fingerprint density at radius 3 is 1.93 bits per heavy atom. The van der Waals surface area contributed by atoms with Crippen molar-refractivity contribution in [3.63, 3.8) is 0 Å². The van der Waals surface area contributed by atoms with E-state index in [2.05, 4.69) is 207 Å². The normalized spacial score (nSPS) is 13.1. The highest BCUT2D eigenvalue weighted by atomic mass is 32.1. The predicted molar refractivity (Wildman–Crippen MR) is 237 cm³/mol. The van der Waals surface area contributed by atoms with Gasteiger partial charge >= 0.3 is 0 Å². The van der Waals surface area contributed by atoms with Crippen LogP contribution >= 0.6 is 11.3 Å². The first kappa shape index (κ1) is 32.0. The van der Waals surface area contributed by atoms with Crippen LogP contribution in [-0.2, 0) is 5.41 Å². The van der Waals surface area contributed by atoms with Gasteiger partial charge in [-0.05, 0) is 109 Å². The number of rotatable bonds is 5. The second-order valence-corrected chi connectivity index (χ2v) is 16.4. The van der Waals surface area contributed by atoms with Crippen LogP contribution in [0.15, 0.2) is 188 Å². The summed E-state index contributed by atoms with van der Waals surface area (Å²) in [5, 5.41) is 7.78. The van der Waals surface area contributed by atoms with Crippen LogP contribution < -0.4 is 4.90 Å². The minimum absolute atomic E-state index is 0.0488. The molecule has 2 heteroatoms. The third kappa shape index (κ3) is 5.06. The molecule has 0 aliphatic heterocycles. The Bertz CT molecular complexity index is 3130. The van der Waals surface area contributed by atoms with E-state index in [-0.39, 0.29) is 5.41 Å². The second-order valence-electron chi connectivity index (χ2n) is 15.3. The molecule has 0 fully saturated rings. The Labute approximate surface area is 325 Å². The summed E-state index contributed by atoms with van der Waals surface area (Å²) < 4.78 is 2.69. The molecule has 1 aliphatic rings. The van der Waals surface area contributed by atoms with Crippen LogP contribution in [0, 0.1) is 0 Å². The van der Waals surface area contributed by atoms with E-state index in [4.69, 9.17) is 0 Å². The van der Waals surface area contributed by atoms with E-state index in [0.29, 0.717) is 0 Å². The monoisotopic (exact) mass is 719 g/mol. The Morgan fingerprint density at radius 1 is 0.382 bits per heavy atom. The molecule has 11 rings (SSSR count). The Kier molecular flexibility index (Phi) is 7.14. The molecule has 0 spiro atoms. The number of nitrogens with zero attached hydrogens (tertiary/aromatic N) is 1. The molecule has 260 valence electrons. The number of hydrogen-bond donors (Lipinski definition) is 0. The molecule has 0 radical (unpaired) electrons. The maximum Gasteiger partial charge on any atom is 0.0468 e. The van der Waals surface area contributed by atoms with Crippen LogP contribution in [0.1, 0.15) is 25.0 Å². The van der Waals surface area contributed by atoms with Gasteiger partial charge in [0.05, 0.1) is 0 Å². The third-order valence-corrected chi connectivity index (χ3v) is 13.1. The van der Waals surface area contributed by atoms with Crippen molar-refractivity contribution in [2.45, 2.75) is 19.3 Å². The lowest BCUT2D eigenvalue weighted by Gasteiger charge is -2.28. The molecule has 0 saturated carbocycles. The zero-order chi connectivity index (χ0) is 36.7. The number of hydrogen-bond acceptors (Lipinski definition) is 2. The quantitative estimate of drug-likeness (QED) is 0.171. The fraction of sp³-hybridized carbons (Fsp3) is 0.0566. The molecule has 0 unspecified atom stereocenters. The molecule has 0 N–H and O–H groups in total. The lowest BCUT2D eigenvalue weighted by atomic mass is 9.82. The number of benzene rings is 9. The average Bonchev–Trinajstić information content (AvgIpc) is 3.73. The summed E-state index contributed by atoms with van der Waals surface area (Å²) in [7, 11) is 0. The summed E-state index contributed by atoms with van der Waals surface area (Å²) in [6.07, 6.45) is 0. The van der Waals surface area contributed by atoms with Crippen LogP contribution in [0.3, 0.4) is 0 Å². The van der Waals surface area contributed by atoms with E-state index in [1.807, 2.05) is 11.3 Å². The highest BCUT2D eigenvalue weighted by Crippen LogP contribution is 2.51. The van der Waals surface area contributed by atoms with Gasteiger partial charge in [0, 0.05) is 48.0 Å². The van der Waals surface area contributed by atoms with Gasteiger partial charge in [-0.2, -0.15) is 0 Å². The Hall–Kier alpha value is -6.48. The Morgan fingerprint density at radius 2 is 1.02 bits per heavy atom. The smallest absolute Gasteiger partial charge is 0.0468 e. The minimum atomic E-state index is -0.0488. The number of thiophene rings is 1. The van der Waals surface area contributed by atoms with Gasteiger partial charge < -0.3 is 4.90 Å². The number of anilines is 3. The summed E-state index contributed by atoms with van der Waals surface area (Å²) in [4.78, 5) is 2.42. The van der Waals surface area contributed by atoms with Gasteiger partial charge in [-0.3, -0.25) is 0 Å². The summed E-state index contributed by atoms with van der Waals surface area (Å²) >= 11 is 1.89. The summed E-state index contributed by atoms with van der Waals surface area (Å²) in [6, 6.07) is 69.6. The minimum Gasteiger partial charge on any atom is -0.310 e. The molecule has 55 heavy (non-hydrogen) atoms. The molecular weight excluding hydrogens is 683 g/mol. The first-order chi connectivity index (χ1) is 27.0. The van der Waals surface area contributed by atoms with Crippen LogP contribution in [0.25, 0.3) is 75.1 Å². The fourth-order valence-corrected chi connectivity index (χ4v) is 10.3. The lowest BCUT2D eigenvalue weighted by Crippen LogP contribution is -2.15. The van der Waals surface area contributed by atoms with Gasteiger partial charge in [-0.25, -0.2) is 0 Å². The van der Waals surface area contributed by atoms with E-state index in [1.54, 1.807) is 0 Å². The van der Waals surface area contributed by atoms with Crippen molar-refractivity contribution in [3.8, 4) is 33.4 Å². The van der Waals surface area contributed by atoms with Crippen LogP contribution in [-0.4, -0.2) is 0 Å². The van der Waals surface area contributed by atoms with Crippen LogP contribution in [0.2, 0.25) is 0 Å². The zero-order valence-electron chi connectivity index (χ0n) is 30.8. The van der Waals surface area contributed by atoms with Gasteiger partial charge in [-0.1, -0.05) is 153 Å². The van der Waals surface area contributed by atoms with Crippen LogP contribution in [0.5, 0.6) is 0 Å². The molecule has 0 amide bonds.